The molecule has 0 unspecified atom stereocenters. The van der Waals surface area contributed by atoms with Crippen molar-refractivity contribution in [1.82, 2.24) is 0 Å². The number of aryl methyl sites for hydroxylation is 1. The molecule has 1 amide bonds. The minimum atomic E-state index is -0.226. The highest BCUT2D eigenvalue weighted by Crippen LogP contribution is 2.38. The molecule has 0 aliphatic rings. The van der Waals surface area contributed by atoms with Crippen LogP contribution in [0.1, 0.15) is 41.3 Å². The van der Waals surface area contributed by atoms with Gasteiger partial charge in [-0.05, 0) is 36.1 Å². The number of para-hydroxylation sites is 1. The van der Waals surface area contributed by atoms with Gasteiger partial charge in [-0.1, -0.05) is 32.0 Å². The predicted octanol–water partition coefficient (Wildman–Crippen LogP) is 4.40. The summed E-state index contributed by atoms with van der Waals surface area (Å²) in [6, 6.07) is 9.30. The van der Waals surface area contributed by atoms with Crippen LogP contribution in [0.4, 0.5) is 5.69 Å². The number of nitrogens with one attached hydrogen (secondary N) is 1. The van der Waals surface area contributed by atoms with Crippen molar-refractivity contribution < 1.29 is 19.0 Å². The molecule has 0 aromatic heterocycles. The van der Waals surface area contributed by atoms with Crippen LogP contribution in [0.15, 0.2) is 30.3 Å². The molecule has 0 bridgehead atoms. The van der Waals surface area contributed by atoms with Crippen LogP contribution in [-0.4, -0.2) is 27.2 Å². The van der Waals surface area contributed by atoms with E-state index in [-0.39, 0.29) is 5.91 Å². The molecule has 5 heteroatoms. The van der Waals surface area contributed by atoms with Crippen molar-refractivity contribution in [2.75, 3.05) is 26.6 Å². The van der Waals surface area contributed by atoms with Gasteiger partial charge in [0.25, 0.3) is 5.91 Å². The van der Waals surface area contributed by atoms with E-state index in [0.29, 0.717) is 28.7 Å². The van der Waals surface area contributed by atoms with E-state index < -0.39 is 0 Å². The number of benzene rings is 2. The number of methoxy groups -OCH3 is 3. The van der Waals surface area contributed by atoms with Crippen LogP contribution in [0.3, 0.4) is 0 Å². The molecule has 0 saturated carbocycles. The molecule has 1 N–H and O–H groups in total. The van der Waals surface area contributed by atoms with Gasteiger partial charge in [-0.3, -0.25) is 4.79 Å². The fourth-order valence-corrected chi connectivity index (χ4v) is 2.74. The molecule has 25 heavy (non-hydrogen) atoms. The first-order valence-electron chi connectivity index (χ1n) is 8.13. The van der Waals surface area contributed by atoms with Gasteiger partial charge in [-0.25, -0.2) is 0 Å². The summed E-state index contributed by atoms with van der Waals surface area (Å²) in [5.74, 6) is 1.42. The number of carbonyl (C=O) groups excluding carboxylic acids is 1. The summed E-state index contributed by atoms with van der Waals surface area (Å²) in [5.41, 5.74) is 3.40. The van der Waals surface area contributed by atoms with Gasteiger partial charge in [0.05, 0.1) is 21.3 Å². The van der Waals surface area contributed by atoms with Gasteiger partial charge in [-0.15, -0.1) is 0 Å². The van der Waals surface area contributed by atoms with E-state index in [0.717, 1.165) is 16.8 Å². The van der Waals surface area contributed by atoms with Crippen LogP contribution < -0.4 is 19.5 Å². The first kappa shape index (κ1) is 18.6. The Morgan fingerprint density at radius 1 is 1.00 bits per heavy atom. The van der Waals surface area contributed by atoms with Crippen molar-refractivity contribution in [3.05, 3.63) is 47.0 Å². The molecule has 0 heterocycles. The molecule has 0 fully saturated rings. The van der Waals surface area contributed by atoms with Crippen molar-refractivity contribution in [1.29, 1.82) is 0 Å². The highest BCUT2D eigenvalue weighted by Gasteiger charge is 2.19. The number of anilines is 1. The van der Waals surface area contributed by atoms with Crippen molar-refractivity contribution in [3.63, 3.8) is 0 Å². The molecule has 0 radical (unpaired) electrons. The molecular weight excluding hydrogens is 318 g/mol. The van der Waals surface area contributed by atoms with E-state index in [1.807, 2.05) is 25.1 Å². The minimum Gasteiger partial charge on any atom is -0.493 e. The summed E-state index contributed by atoms with van der Waals surface area (Å²) in [6.07, 6.45) is 0. The fraction of sp³-hybridized carbons (Fsp3) is 0.350. The number of ether oxygens (including phenoxy) is 3. The number of carbonyl (C=O) groups is 1. The molecule has 5 nitrogen and oxygen atoms in total. The molecule has 0 atom stereocenters. The summed E-state index contributed by atoms with van der Waals surface area (Å²) in [4.78, 5) is 12.8. The highest BCUT2D eigenvalue weighted by atomic mass is 16.5. The van der Waals surface area contributed by atoms with Crippen LogP contribution in [0.25, 0.3) is 0 Å². The summed E-state index contributed by atoms with van der Waals surface area (Å²) < 4.78 is 15.9. The van der Waals surface area contributed by atoms with Gasteiger partial charge in [0.15, 0.2) is 11.5 Å². The zero-order valence-corrected chi connectivity index (χ0v) is 15.6. The molecular formula is C20H25NO4. The van der Waals surface area contributed by atoms with Crippen molar-refractivity contribution >= 4 is 11.6 Å². The Labute approximate surface area is 148 Å². The molecule has 134 valence electrons. The van der Waals surface area contributed by atoms with E-state index in [1.54, 1.807) is 12.1 Å². The smallest absolute Gasteiger partial charge is 0.255 e. The lowest BCUT2D eigenvalue weighted by Crippen LogP contribution is -2.15. The Bertz CT molecular complexity index is 743. The van der Waals surface area contributed by atoms with Gasteiger partial charge >= 0.3 is 0 Å². The standard InChI is InChI=1S/C20H25NO4/c1-12(2)15-9-7-8-13(3)18(15)21-20(22)14-10-16(23-4)19(25-6)17(11-14)24-5/h7-12H,1-6H3,(H,21,22). The van der Waals surface area contributed by atoms with Crippen LogP contribution in [0.2, 0.25) is 0 Å². The highest BCUT2D eigenvalue weighted by molar-refractivity contribution is 6.06. The maximum Gasteiger partial charge on any atom is 0.255 e. The van der Waals surface area contributed by atoms with Crippen LogP contribution in [-0.2, 0) is 0 Å². The average Bonchev–Trinajstić information content (AvgIpc) is 2.61. The van der Waals surface area contributed by atoms with Gasteiger partial charge in [-0.2, -0.15) is 0 Å². The van der Waals surface area contributed by atoms with E-state index in [1.165, 1.54) is 21.3 Å². The molecule has 0 aliphatic carbocycles. The second-order valence-electron chi connectivity index (χ2n) is 6.06. The fourth-order valence-electron chi connectivity index (χ4n) is 2.74. The molecule has 0 spiro atoms. The van der Waals surface area contributed by atoms with Crippen LogP contribution in [0, 0.1) is 6.92 Å². The molecule has 2 aromatic rings. The lowest BCUT2D eigenvalue weighted by Gasteiger charge is -2.18. The van der Waals surface area contributed by atoms with E-state index in [9.17, 15) is 4.79 Å². The Kier molecular flexibility index (Phi) is 5.91. The number of rotatable bonds is 6. The third-order valence-corrected chi connectivity index (χ3v) is 4.09. The number of hydrogen-bond donors (Lipinski definition) is 1. The number of amides is 1. The molecule has 0 saturated heterocycles. The van der Waals surface area contributed by atoms with Crippen LogP contribution in [0.5, 0.6) is 17.2 Å². The topological polar surface area (TPSA) is 56.8 Å². The average molecular weight is 343 g/mol. The lowest BCUT2D eigenvalue weighted by molar-refractivity contribution is 0.102. The van der Waals surface area contributed by atoms with E-state index >= 15 is 0 Å². The van der Waals surface area contributed by atoms with E-state index in [4.69, 9.17) is 14.2 Å². The second-order valence-corrected chi connectivity index (χ2v) is 6.06. The van der Waals surface area contributed by atoms with Crippen molar-refractivity contribution in [3.8, 4) is 17.2 Å². The first-order chi connectivity index (χ1) is 11.9. The summed E-state index contributed by atoms with van der Waals surface area (Å²) in [6.45, 7) is 6.18. The lowest BCUT2D eigenvalue weighted by atomic mass is 9.98. The maximum atomic E-state index is 12.8. The SMILES string of the molecule is COc1cc(C(=O)Nc2c(C)cccc2C(C)C)cc(OC)c1OC. The normalized spacial score (nSPS) is 10.5. The third kappa shape index (κ3) is 3.87. The Morgan fingerprint density at radius 3 is 2.08 bits per heavy atom. The van der Waals surface area contributed by atoms with Crippen molar-refractivity contribution in [2.45, 2.75) is 26.7 Å². The monoisotopic (exact) mass is 343 g/mol. The molecule has 0 aliphatic heterocycles. The zero-order chi connectivity index (χ0) is 18.6. The second kappa shape index (κ2) is 7.92. The number of hydrogen-bond acceptors (Lipinski definition) is 4. The largest absolute Gasteiger partial charge is 0.493 e. The Balaban J connectivity index is 2.43. The van der Waals surface area contributed by atoms with Gasteiger partial charge in [0.2, 0.25) is 5.75 Å². The van der Waals surface area contributed by atoms with Gasteiger partial charge in [0, 0.05) is 11.3 Å². The minimum absolute atomic E-state index is 0.226. The van der Waals surface area contributed by atoms with E-state index in [2.05, 4.69) is 19.2 Å². The zero-order valence-electron chi connectivity index (χ0n) is 15.6. The first-order valence-corrected chi connectivity index (χ1v) is 8.13. The maximum absolute atomic E-state index is 12.8. The summed E-state index contributed by atoms with van der Waals surface area (Å²) >= 11 is 0. The van der Waals surface area contributed by atoms with Crippen molar-refractivity contribution in [2.24, 2.45) is 0 Å². The molecule has 2 rings (SSSR count). The predicted molar refractivity (Wildman–Crippen MR) is 99.3 cm³/mol. The van der Waals surface area contributed by atoms with Gasteiger partial charge < -0.3 is 19.5 Å². The Morgan fingerprint density at radius 2 is 1.60 bits per heavy atom. The third-order valence-electron chi connectivity index (χ3n) is 4.09. The Hall–Kier alpha value is -2.69. The van der Waals surface area contributed by atoms with Crippen LogP contribution >= 0.6 is 0 Å². The summed E-state index contributed by atoms with van der Waals surface area (Å²) in [5, 5.41) is 3.03. The van der Waals surface area contributed by atoms with Gasteiger partial charge in [0.1, 0.15) is 0 Å². The molecule has 2 aromatic carbocycles. The summed E-state index contributed by atoms with van der Waals surface area (Å²) in [7, 11) is 4.58. The quantitative estimate of drug-likeness (QED) is 0.845.